The molecule has 0 bridgehead atoms. The highest BCUT2D eigenvalue weighted by molar-refractivity contribution is 8.00. The summed E-state index contributed by atoms with van der Waals surface area (Å²) in [7, 11) is 0. The van der Waals surface area contributed by atoms with Crippen molar-refractivity contribution in [2.75, 3.05) is 0 Å². The minimum Gasteiger partial charge on any atom is -0.450 e. The van der Waals surface area contributed by atoms with Gasteiger partial charge in [-0.1, -0.05) is 42.1 Å². The van der Waals surface area contributed by atoms with Crippen molar-refractivity contribution in [1.29, 1.82) is 0 Å². The number of furan rings is 1. The summed E-state index contributed by atoms with van der Waals surface area (Å²) in [6, 6.07) is 10.3. The molecule has 2 aromatic rings. The van der Waals surface area contributed by atoms with E-state index < -0.39 is 0 Å². The van der Waals surface area contributed by atoms with Gasteiger partial charge in [-0.25, -0.2) is 0 Å². The van der Waals surface area contributed by atoms with Crippen LogP contribution in [0.4, 0.5) is 0 Å². The molecule has 1 heterocycles. The molecule has 0 spiro atoms. The zero-order valence-corrected chi connectivity index (χ0v) is 9.17. The Hall–Kier alpha value is -1.15. The van der Waals surface area contributed by atoms with Gasteiger partial charge < -0.3 is 4.42 Å². The molecule has 76 valence electrons. The van der Waals surface area contributed by atoms with E-state index in [9.17, 15) is 0 Å². The summed E-state index contributed by atoms with van der Waals surface area (Å²) in [4.78, 5) is 0. The van der Waals surface area contributed by atoms with Gasteiger partial charge in [-0.3, -0.25) is 0 Å². The van der Waals surface area contributed by atoms with Crippen LogP contribution in [0.15, 0.2) is 52.0 Å². The number of rotatable bonds is 2. The molecule has 0 aliphatic heterocycles. The highest BCUT2D eigenvalue weighted by Crippen LogP contribution is 2.34. The Kier molecular flexibility index (Phi) is 2.29. The number of hydrogen-bond donors (Lipinski definition) is 0. The molecule has 0 fully saturated rings. The highest BCUT2D eigenvalue weighted by Gasteiger charge is 2.13. The van der Waals surface area contributed by atoms with Crippen molar-refractivity contribution in [2.24, 2.45) is 0 Å². The Balaban J connectivity index is 1.88. The maximum Gasteiger partial charge on any atom is 0.162 e. The highest BCUT2D eigenvalue weighted by atomic mass is 32.2. The molecule has 1 aromatic heterocycles. The van der Waals surface area contributed by atoms with Gasteiger partial charge in [-0.2, -0.15) is 0 Å². The number of benzene rings is 1. The molecular weight excluding hydrogens is 204 g/mol. The molecule has 0 N–H and O–H groups in total. The molecule has 1 nitrogen and oxygen atoms in total. The quantitative estimate of drug-likeness (QED) is 0.696. The zero-order valence-electron chi connectivity index (χ0n) is 8.35. The number of fused-ring (bicyclic) bond motifs is 1. The van der Waals surface area contributed by atoms with Gasteiger partial charge >= 0.3 is 0 Å². The van der Waals surface area contributed by atoms with Crippen LogP contribution in [0.3, 0.4) is 0 Å². The SMILES string of the molecule is C1=CC(Sc2cc3ccccc3o2)CC1. The first-order valence-corrected chi connectivity index (χ1v) is 6.12. The Labute approximate surface area is 93.2 Å². The van der Waals surface area contributed by atoms with Gasteiger partial charge in [0, 0.05) is 10.6 Å². The van der Waals surface area contributed by atoms with Gasteiger partial charge in [-0.15, -0.1) is 0 Å². The molecular formula is C13H12OS. The smallest absolute Gasteiger partial charge is 0.162 e. The fourth-order valence-electron chi connectivity index (χ4n) is 1.87. The predicted molar refractivity (Wildman–Crippen MR) is 64.2 cm³/mol. The van der Waals surface area contributed by atoms with E-state index in [-0.39, 0.29) is 0 Å². The molecule has 0 radical (unpaired) electrons. The normalized spacial score (nSPS) is 20.1. The van der Waals surface area contributed by atoms with Crippen molar-refractivity contribution >= 4 is 22.7 Å². The van der Waals surface area contributed by atoms with Crippen LogP contribution in [-0.2, 0) is 0 Å². The van der Waals surface area contributed by atoms with Gasteiger partial charge in [0.05, 0.1) is 0 Å². The Morgan fingerprint density at radius 3 is 3.00 bits per heavy atom. The molecule has 3 rings (SSSR count). The standard InChI is InChI=1S/C13H12OS/c1-4-8-12-10(5-1)9-13(14-12)15-11-6-2-3-7-11/h1-2,4-6,8-9,11H,3,7H2. The zero-order chi connectivity index (χ0) is 10.1. The largest absolute Gasteiger partial charge is 0.450 e. The van der Waals surface area contributed by atoms with Crippen molar-refractivity contribution in [3.8, 4) is 0 Å². The molecule has 0 amide bonds. The third-order valence-electron chi connectivity index (χ3n) is 2.64. The Morgan fingerprint density at radius 1 is 1.27 bits per heavy atom. The van der Waals surface area contributed by atoms with E-state index in [1.807, 2.05) is 30.0 Å². The van der Waals surface area contributed by atoms with Crippen LogP contribution in [0.2, 0.25) is 0 Å². The van der Waals surface area contributed by atoms with Crippen LogP contribution in [0.25, 0.3) is 11.0 Å². The summed E-state index contributed by atoms with van der Waals surface area (Å²) in [5, 5.41) is 2.83. The average molecular weight is 216 g/mol. The monoisotopic (exact) mass is 216 g/mol. The van der Waals surface area contributed by atoms with Crippen molar-refractivity contribution in [3.05, 3.63) is 42.5 Å². The minimum atomic E-state index is 0.602. The lowest BCUT2D eigenvalue weighted by Crippen LogP contribution is -1.89. The second-order valence-electron chi connectivity index (χ2n) is 3.77. The molecule has 0 saturated carbocycles. The number of para-hydroxylation sites is 1. The van der Waals surface area contributed by atoms with Gasteiger partial charge in [0.1, 0.15) is 5.58 Å². The lowest BCUT2D eigenvalue weighted by molar-refractivity contribution is 0.514. The molecule has 1 aliphatic carbocycles. The van der Waals surface area contributed by atoms with Gasteiger partial charge in [-0.05, 0) is 25.0 Å². The van der Waals surface area contributed by atoms with Crippen molar-refractivity contribution < 1.29 is 4.42 Å². The van der Waals surface area contributed by atoms with Crippen LogP contribution < -0.4 is 0 Å². The van der Waals surface area contributed by atoms with Crippen molar-refractivity contribution in [1.82, 2.24) is 0 Å². The average Bonchev–Trinajstić information content (AvgIpc) is 2.86. The van der Waals surface area contributed by atoms with Crippen LogP contribution in [0, 0.1) is 0 Å². The Morgan fingerprint density at radius 2 is 2.20 bits per heavy atom. The third-order valence-corrected chi connectivity index (χ3v) is 3.77. The summed E-state index contributed by atoms with van der Waals surface area (Å²) < 4.78 is 5.76. The summed E-state index contributed by atoms with van der Waals surface area (Å²) in [6.07, 6.45) is 6.97. The van der Waals surface area contributed by atoms with E-state index in [4.69, 9.17) is 4.42 Å². The fourth-order valence-corrected chi connectivity index (χ4v) is 2.94. The molecule has 1 atom stereocenters. The number of allylic oxidation sites excluding steroid dienone is 1. The first kappa shape index (κ1) is 9.10. The summed E-state index contributed by atoms with van der Waals surface area (Å²) >= 11 is 1.82. The van der Waals surface area contributed by atoms with E-state index in [0.29, 0.717) is 5.25 Å². The van der Waals surface area contributed by atoms with Crippen LogP contribution in [0.1, 0.15) is 12.8 Å². The maximum atomic E-state index is 5.76. The summed E-state index contributed by atoms with van der Waals surface area (Å²) in [6.45, 7) is 0. The molecule has 1 unspecified atom stereocenters. The predicted octanol–water partition coefficient (Wildman–Crippen LogP) is 4.24. The third kappa shape index (κ3) is 1.82. The lowest BCUT2D eigenvalue weighted by Gasteiger charge is -2.02. The van der Waals surface area contributed by atoms with E-state index in [1.165, 1.54) is 18.2 Å². The fraction of sp³-hybridized carbons (Fsp3) is 0.231. The van der Waals surface area contributed by atoms with Gasteiger partial charge in [0.2, 0.25) is 0 Å². The van der Waals surface area contributed by atoms with Crippen LogP contribution in [-0.4, -0.2) is 5.25 Å². The lowest BCUT2D eigenvalue weighted by atomic mass is 10.3. The first-order valence-electron chi connectivity index (χ1n) is 5.24. The topological polar surface area (TPSA) is 13.1 Å². The van der Waals surface area contributed by atoms with Crippen LogP contribution in [0.5, 0.6) is 0 Å². The number of hydrogen-bond acceptors (Lipinski definition) is 2. The second-order valence-corrected chi connectivity index (χ2v) is 5.01. The maximum absolute atomic E-state index is 5.76. The minimum absolute atomic E-state index is 0.602. The van der Waals surface area contributed by atoms with E-state index in [2.05, 4.69) is 24.3 Å². The van der Waals surface area contributed by atoms with Crippen molar-refractivity contribution in [3.63, 3.8) is 0 Å². The Bertz CT molecular complexity index is 465. The molecule has 1 aromatic carbocycles. The molecule has 1 aliphatic rings. The van der Waals surface area contributed by atoms with E-state index >= 15 is 0 Å². The molecule has 2 heteroatoms. The number of thioether (sulfide) groups is 1. The first-order chi connectivity index (χ1) is 7.42. The summed E-state index contributed by atoms with van der Waals surface area (Å²) in [5.74, 6) is 0. The van der Waals surface area contributed by atoms with E-state index in [1.54, 1.807) is 0 Å². The van der Waals surface area contributed by atoms with Gasteiger partial charge in [0.25, 0.3) is 0 Å². The molecule has 0 saturated heterocycles. The summed E-state index contributed by atoms with van der Waals surface area (Å²) in [5.41, 5.74) is 0.988. The van der Waals surface area contributed by atoms with Gasteiger partial charge in [0.15, 0.2) is 5.09 Å². The second kappa shape index (κ2) is 3.78. The van der Waals surface area contributed by atoms with E-state index in [0.717, 1.165) is 10.7 Å². The molecule has 15 heavy (non-hydrogen) atoms. The van der Waals surface area contributed by atoms with Crippen LogP contribution >= 0.6 is 11.8 Å². The van der Waals surface area contributed by atoms with Crippen molar-refractivity contribution in [2.45, 2.75) is 23.2 Å².